The highest BCUT2D eigenvalue weighted by Gasteiger charge is 2.37. The third kappa shape index (κ3) is 4.74. The molecule has 0 radical (unpaired) electrons. The lowest BCUT2D eigenvalue weighted by molar-refractivity contribution is 0.122. The predicted octanol–water partition coefficient (Wildman–Crippen LogP) is 3.98. The maximum Gasteiger partial charge on any atom is 0.250 e. The molecule has 8 nitrogen and oxygen atoms in total. The van der Waals surface area contributed by atoms with Crippen LogP contribution in [0.3, 0.4) is 0 Å². The number of halogens is 2. The third-order valence-corrected chi connectivity index (χ3v) is 9.09. The SMILES string of the molecule is CC(C)(c1nnc(-c2cc3c(cc2F)S(=O)(=O)C[C@H](N)CN3Cc2ccc(Cl)cc2)o1)N1CCCC1. The number of anilines is 1. The van der Waals surface area contributed by atoms with E-state index in [4.69, 9.17) is 21.8 Å². The Balaban J connectivity index is 1.57. The zero-order valence-corrected chi connectivity index (χ0v) is 21.8. The molecule has 3 aromatic rings. The number of likely N-dealkylation sites (tertiary alicyclic amines) is 1. The number of nitrogens with two attached hydrogens (primary N) is 1. The summed E-state index contributed by atoms with van der Waals surface area (Å²) in [7, 11) is -3.81. The number of fused-ring (bicyclic) bond motifs is 1. The van der Waals surface area contributed by atoms with Crippen molar-refractivity contribution in [3.05, 3.63) is 58.7 Å². The summed E-state index contributed by atoms with van der Waals surface area (Å²) in [6.45, 7) is 6.51. The van der Waals surface area contributed by atoms with Crippen molar-refractivity contribution in [2.24, 2.45) is 5.73 Å². The summed E-state index contributed by atoms with van der Waals surface area (Å²) in [5, 5.41) is 8.96. The van der Waals surface area contributed by atoms with Crippen molar-refractivity contribution < 1.29 is 17.2 Å². The molecule has 2 aliphatic heterocycles. The van der Waals surface area contributed by atoms with Crippen LogP contribution in [0.4, 0.5) is 10.1 Å². The lowest BCUT2D eigenvalue weighted by Crippen LogP contribution is -2.39. The van der Waals surface area contributed by atoms with Gasteiger partial charge >= 0.3 is 0 Å². The Bertz CT molecular complexity index is 1370. The summed E-state index contributed by atoms with van der Waals surface area (Å²) in [6, 6.07) is 9.15. The van der Waals surface area contributed by atoms with Gasteiger partial charge in [-0.25, -0.2) is 12.8 Å². The zero-order chi connectivity index (χ0) is 25.7. The molecule has 0 saturated carbocycles. The van der Waals surface area contributed by atoms with Gasteiger partial charge in [-0.2, -0.15) is 0 Å². The fourth-order valence-corrected chi connectivity index (χ4v) is 6.72. The van der Waals surface area contributed by atoms with Gasteiger partial charge in [-0.05, 0) is 69.6 Å². The summed E-state index contributed by atoms with van der Waals surface area (Å²) in [4.78, 5) is 4.02. The van der Waals surface area contributed by atoms with Crippen LogP contribution in [0, 0.1) is 5.82 Å². The van der Waals surface area contributed by atoms with E-state index in [0.29, 0.717) is 23.1 Å². The van der Waals surface area contributed by atoms with Crippen LogP contribution >= 0.6 is 11.6 Å². The molecule has 0 aliphatic carbocycles. The lowest BCUT2D eigenvalue weighted by atomic mass is 10.0. The van der Waals surface area contributed by atoms with Gasteiger partial charge in [0.25, 0.3) is 5.89 Å². The number of hydrogen-bond donors (Lipinski definition) is 1. The first kappa shape index (κ1) is 25.1. The zero-order valence-electron chi connectivity index (χ0n) is 20.2. The van der Waals surface area contributed by atoms with Gasteiger partial charge < -0.3 is 15.1 Å². The number of rotatable bonds is 5. The Labute approximate surface area is 215 Å². The van der Waals surface area contributed by atoms with Crippen LogP contribution in [-0.2, 0) is 21.9 Å². The molecule has 0 bridgehead atoms. The van der Waals surface area contributed by atoms with Crippen molar-refractivity contribution in [3.63, 3.8) is 0 Å². The van der Waals surface area contributed by atoms with Crippen molar-refractivity contribution in [3.8, 4) is 11.5 Å². The highest BCUT2D eigenvalue weighted by Crippen LogP contribution is 2.38. The number of sulfone groups is 1. The number of hydrogen-bond acceptors (Lipinski definition) is 8. The Morgan fingerprint density at radius 2 is 1.86 bits per heavy atom. The number of nitrogens with zero attached hydrogens (tertiary/aromatic N) is 4. The van der Waals surface area contributed by atoms with E-state index in [-0.39, 0.29) is 28.6 Å². The van der Waals surface area contributed by atoms with Crippen molar-refractivity contribution in [2.75, 3.05) is 30.3 Å². The average molecular weight is 534 g/mol. The summed E-state index contributed by atoms with van der Waals surface area (Å²) in [5.74, 6) is -0.616. The van der Waals surface area contributed by atoms with E-state index in [1.807, 2.05) is 30.9 Å². The fraction of sp³-hybridized carbons (Fsp3) is 0.440. The molecule has 1 saturated heterocycles. The van der Waals surface area contributed by atoms with Crippen molar-refractivity contribution in [1.82, 2.24) is 15.1 Å². The lowest BCUT2D eigenvalue weighted by Gasteiger charge is -2.31. The molecule has 0 amide bonds. The first-order valence-corrected chi connectivity index (χ1v) is 14.0. The molecule has 192 valence electrons. The summed E-state index contributed by atoms with van der Waals surface area (Å²) < 4.78 is 47.5. The fourth-order valence-electron chi connectivity index (χ4n) is 4.96. The van der Waals surface area contributed by atoms with Crippen LogP contribution in [0.25, 0.3) is 11.5 Å². The molecule has 0 spiro atoms. The van der Waals surface area contributed by atoms with Gasteiger partial charge in [0.2, 0.25) is 5.89 Å². The van der Waals surface area contributed by atoms with E-state index in [9.17, 15) is 8.42 Å². The Morgan fingerprint density at radius 3 is 2.56 bits per heavy atom. The highest BCUT2D eigenvalue weighted by molar-refractivity contribution is 7.91. The second kappa shape index (κ2) is 9.41. The van der Waals surface area contributed by atoms with Gasteiger partial charge in [0, 0.05) is 24.2 Å². The quantitative estimate of drug-likeness (QED) is 0.525. The normalized spacial score (nSPS) is 20.4. The molecule has 5 rings (SSSR count). The summed E-state index contributed by atoms with van der Waals surface area (Å²) in [6.07, 6.45) is 2.20. The number of aromatic nitrogens is 2. The molecule has 36 heavy (non-hydrogen) atoms. The van der Waals surface area contributed by atoms with Crippen LogP contribution in [-0.4, -0.2) is 54.9 Å². The minimum atomic E-state index is -3.81. The largest absolute Gasteiger partial charge is 0.419 e. The van der Waals surface area contributed by atoms with Crippen LogP contribution in [0.5, 0.6) is 0 Å². The summed E-state index contributed by atoms with van der Waals surface area (Å²) >= 11 is 6.02. The molecule has 3 heterocycles. The second-order valence-corrected chi connectivity index (χ2v) is 12.5. The molecule has 1 aromatic heterocycles. The minimum Gasteiger partial charge on any atom is -0.419 e. The molecule has 2 aliphatic rings. The third-order valence-electron chi connectivity index (χ3n) is 6.97. The van der Waals surface area contributed by atoms with Gasteiger partial charge in [0.05, 0.1) is 27.4 Å². The summed E-state index contributed by atoms with van der Waals surface area (Å²) in [5.41, 5.74) is 6.99. The Kier molecular flexibility index (Phi) is 6.57. The van der Waals surface area contributed by atoms with Crippen molar-refractivity contribution >= 4 is 27.1 Å². The molecule has 2 aromatic carbocycles. The average Bonchev–Trinajstić information content (AvgIpc) is 3.51. The minimum absolute atomic E-state index is 0.00922. The maximum absolute atomic E-state index is 15.4. The van der Waals surface area contributed by atoms with E-state index in [2.05, 4.69) is 15.1 Å². The van der Waals surface area contributed by atoms with Crippen LogP contribution < -0.4 is 10.6 Å². The van der Waals surface area contributed by atoms with Gasteiger partial charge in [-0.3, -0.25) is 4.90 Å². The predicted molar refractivity (Wildman–Crippen MR) is 136 cm³/mol. The Hall–Kier alpha value is -2.53. The Morgan fingerprint density at radius 1 is 1.17 bits per heavy atom. The second-order valence-electron chi connectivity index (χ2n) is 10.0. The van der Waals surface area contributed by atoms with E-state index in [0.717, 1.165) is 37.6 Å². The molecule has 0 unspecified atom stereocenters. The maximum atomic E-state index is 15.4. The van der Waals surface area contributed by atoms with Gasteiger partial charge in [-0.15, -0.1) is 10.2 Å². The first-order chi connectivity index (χ1) is 17.0. The monoisotopic (exact) mass is 533 g/mol. The van der Waals surface area contributed by atoms with Crippen LogP contribution in [0.15, 0.2) is 45.7 Å². The molecule has 11 heteroatoms. The molecule has 2 N–H and O–H groups in total. The van der Waals surface area contributed by atoms with E-state index < -0.39 is 27.2 Å². The van der Waals surface area contributed by atoms with Gasteiger partial charge in [0.1, 0.15) is 5.82 Å². The molecule has 1 fully saturated rings. The molecular formula is C25H29ClFN5O3S. The van der Waals surface area contributed by atoms with Gasteiger partial charge in [-0.1, -0.05) is 23.7 Å². The molecule has 1 atom stereocenters. The van der Waals surface area contributed by atoms with Crippen LogP contribution in [0.2, 0.25) is 5.02 Å². The highest BCUT2D eigenvalue weighted by atomic mass is 35.5. The van der Waals surface area contributed by atoms with Crippen molar-refractivity contribution in [2.45, 2.75) is 49.7 Å². The van der Waals surface area contributed by atoms with Crippen molar-refractivity contribution in [1.29, 1.82) is 0 Å². The standard InChI is InChI=1S/C25H29ClFN5O3S/c1-25(2,32-9-3-4-10-32)24-30-29-23(35-24)19-11-21-22(12-20(19)27)36(33,34)15-18(28)14-31(21)13-16-5-7-17(26)8-6-16/h5-8,11-12,18H,3-4,9-10,13-15,28H2,1-2H3/t18-/m1/s1. The first-order valence-electron chi connectivity index (χ1n) is 12.0. The van der Waals surface area contributed by atoms with Gasteiger partial charge in [0.15, 0.2) is 9.84 Å². The number of benzene rings is 2. The van der Waals surface area contributed by atoms with Crippen LogP contribution in [0.1, 0.15) is 38.1 Å². The van der Waals surface area contributed by atoms with E-state index >= 15 is 4.39 Å². The smallest absolute Gasteiger partial charge is 0.250 e. The van der Waals surface area contributed by atoms with E-state index in [1.54, 1.807) is 12.1 Å². The molecular weight excluding hydrogens is 505 g/mol. The van der Waals surface area contributed by atoms with E-state index in [1.165, 1.54) is 6.07 Å². The topological polar surface area (TPSA) is 106 Å².